The first-order chi connectivity index (χ1) is 5.68. The highest BCUT2D eigenvalue weighted by atomic mass is 32.1. The number of nitrogens with zero attached hydrogens (tertiary/aromatic N) is 1. The summed E-state index contributed by atoms with van der Waals surface area (Å²) in [4.78, 5) is 4.17. The van der Waals surface area contributed by atoms with E-state index in [9.17, 15) is 0 Å². The molecule has 3 N–H and O–H groups in total. The van der Waals surface area contributed by atoms with Crippen molar-refractivity contribution in [3.8, 4) is 0 Å². The van der Waals surface area contributed by atoms with Crippen LogP contribution in [0, 0.1) is 0 Å². The average molecular weight is 183 g/mol. The van der Waals surface area contributed by atoms with Crippen molar-refractivity contribution in [1.82, 2.24) is 4.98 Å². The molecule has 1 saturated carbocycles. The predicted octanol–water partition coefficient (Wildman–Crippen LogP) is 2.08. The van der Waals surface area contributed by atoms with Crippen LogP contribution >= 0.6 is 11.3 Å². The lowest BCUT2D eigenvalue weighted by atomic mass is 9.79. The van der Waals surface area contributed by atoms with Gasteiger partial charge in [-0.2, -0.15) is 0 Å². The molecule has 2 rings (SSSR count). The standard InChI is InChI=1S/C8H13N3S/c1-8(3-2-4-8)11-7-10-5-6(9)12-7/h5H,2-4,9H2,1H3,(H,10,11). The second-order valence-corrected chi connectivity index (χ2v) is 4.67. The van der Waals surface area contributed by atoms with Crippen LogP contribution in [-0.2, 0) is 0 Å². The molecular formula is C8H13N3S. The van der Waals surface area contributed by atoms with E-state index in [-0.39, 0.29) is 5.54 Å². The predicted molar refractivity (Wildman–Crippen MR) is 52.4 cm³/mol. The van der Waals surface area contributed by atoms with Gasteiger partial charge >= 0.3 is 0 Å². The van der Waals surface area contributed by atoms with Crippen LogP contribution in [0.4, 0.5) is 10.1 Å². The zero-order valence-electron chi connectivity index (χ0n) is 7.13. The topological polar surface area (TPSA) is 50.9 Å². The number of rotatable bonds is 2. The largest absolute Gasteiger partial charge is 0.389 e. The monoisotopic (exact) mass is 183 g/mol. The number of nitrogens with two attached hydrogens (primary N) is 1. The van der Waals surface area contributed by atoms with E-state index in [4.69, 9.17) is 5.73 Å². The zero-order chi connectivity index (χ0) is 8.60. The molecule has 1 aliphatic carbocycles. The number of hydrogen-bond acceptors (Lipinski definition) is 4. The highest BCUT2D eigenvalue weighted by molar-refractivity contribution is 7.19. The molecule has 1 aliphatic rings. The molecule has 1 fully saturated rings. The molecule has 0 aliphatic heterocycles. The van der Waals surface area contributed by atoms with Gasteiger partial charge in [0.15, 0.2) is 5.13 Å². The quantitative estimate of drug-likeness (QED) is 0.738. The Kier molecular flexibility index (Phi) is 1.72. The molecule has 66 valence electrons. The van der Waals surface area contributed by atoms with Crippen molar-refractivity contribution in [3.05, 3.63) is 6.20 Å². The molecule has 0 radical (unpaired) electrons. The van der Waals surface area contributed by atoms with Gasteiger partial charge in [0.1, 0.15) is 5.00 Å². The molecule has 4 heteroatoms. The van der Waals surface area contributed by atoms with E-state index in [2.05, 4.69) is 17.2 Å². The lowest BCUT2D eigenvalue weighted by Gasteiger charge is -2.38. The Bertz CT molecular complexity index is 278. The Labute approximate surface area is 76.0 Å². The van der Waals surface area contributed by atoms with Crippen LogP contribution in [0.3, 0.4) is 0 Å². The highest BCUT2D eigenvalue weighted by Gasteiger charge is 2.31. The minimum Gasteiger partial charge on any atom is -0.389 e. The van der Waals surface area contributed by atoms with Crippen molar-refractivity contribution in [2.24, 2.45) is 0 Å². The summed E-state index contributed by atoms with van der Waals surface area (Å²) in [5, 5.41) is 5.13. The minimum absolute atomic E-state index is 0.282. The summed E-state index contributed by atoms with van der Waals surface area (Å²) < 4.78 is 0. The maximum atomic E-state index is 5.57. The van der Waals surface area contributed by atoms with Crippen LogP contribution in [0.5, 0.6) is 0 Å². The van der Waals surface area contributed by atoms with E-state index in [1.54, 1.807) is 6.20 Å². The van der Waals surface area contributed by atoms with E-state index < -0.39 is 0 Å². The number of hydrogen-bond donors (Lipinski definition) is 2. The number of aromatic nitrogens is 1. The lowest BCUT2D eigenvalue weighted by Crippen LogP contribution is -2.41. The smallest absolute Gasteiger partial charge is 0.185 e. The fraction of sp³-hybridized carbons (Fsp3) is 0.625. The fourth-order valence-electron chi connectivity index (χ4n) is 1.43. The summed E-state index contributed by atoms with van der Waals surface area (Å²) in [7, 11) is 0. The zero-order valence-corrected chi connectivity index (χ0v) is 7.95. The molecule has 1 aromatic heterocycles. The maximum Gasteiger partial charge on any atom is 0.185 e. The Morgan fingerprint density at radius 1 is 1.67 bits per heavy atom. The summed E-state index contributed by atoms with van der Waals surface area (Å²) in [6, 6.07) is 0. The van der Waals surface area contributed by atoms with Crippen LogP contribution in [0.15, 0.2) is 6.20 Å². The normalized spacial score (nSPS) is 20.1. The molecule has 1 aromatic rings. The van der Waals surface area contributed by atoms with Gasteiger partial charge in [-0.15, -0.1) is 0 Å². The van der Waals surface area contributed by atoms with Gasteiger partial charge in [-0.05, 0) is 26.2 Å². The molecule has 0 unspecified atom stereocenters. The van der Waals surface area contributed by atoms with Crippen LogP contribution in [0.25, 0.3) is 0 Å². The van der Waals surface area contributed by atoms with Gasteiger partial charge < -0.3 is 11.1 Å². The van der Waals surface area contributed by atoms with Gasteiger partial charge in [-0.1, -0.05) is 11.3 Å². The van der Waals surface area contributed by atoms with Gasteiger partial charge in [0.25, 0.3) is 0 Å². The van der Waals surface area contributed by atoms with Crippen molar-refractivity contribution in [1.29, 1.82) is 0 Å². The molecule has 0 aromatic carbocycles. The summed E-state index contributed by atoms with van der Waals surface area (Å²) in [5.74, 6) is 0. The molecule has 0 saturated heterocycles. The minimum atomic E-state index is 0.282. The van der Waals surface area contributed by atoms with Crippen molar-refractivity contribution in [2.75, 3.05) is 11.1 Å². The first-order valence-corrected chi connectivity index (χ1v) is 4.99. The molecule has 12 heavy (non-hydrogen) atoms. The fourth-order valence-corrected chi connectivity index (χ4v) is 2.17. The molecule has 0 spiro atoms. The Morgan fingerprint density at radius 2 is 2.42 bits per heavy atom. The van der Waals surface area contributed by atoms with Gasteiger partial charge in [0, 0.05) is 5.54 Å². The van der Waals surface area contributed by atoms with Gasteiger partial charge in [-0.3, -0.25) is 0 Å². The van der Waals surface area contributed by atoms with E-state index in [0.29, 0.717) is 0 Å². The first kappa shape index (κ1) is 7.86. The van der Waals surface area contributed by atoms with Crippen molar-refractivity contribution in [2.45, 2.75) is 31.7 Å². The van der Waals surface area contributed by atoms with Crippen LogP contribution in [0.2, 0.25) is 0 Å². The van der Waals surface area contributed by atoms with Crippen molar-refractivity contribution < 1.29 is 0 Å². The molecule has 1 heterocycles. The van der Waals surface area contributed by atoms with Crippen LogP contribution < -0.4 is 11.1 Å². The summed E-state index contributed by atoms with van der Waals surface area (Å²) in [6.07, 6.45) is 5.51. The highest BCUT2D eigenvalue weighted by Crippen LogP contribution is 2.35. The average Bonchev–Trinajstić information content (AvgIpc) is 2.32. The Morgan fingerprint density at radius 3 is 2.83 bits per heavy atom. The lowest BCUT2D eigenvalue weighted by molar-refractivity contribution is 0.306. The second-order valence-electron chi connectivity index (χ2n) is 3.61. The number of nitrogen functional groups attached to an aromatic ring is 1. The third-order valence-corrected chi connectivity index (χ3v) is 3.13. The Hall–Kier alpha value is -0.770. The molecule has 0 amide bonds. The summed E-state index contributed by atoms with van der Waals surface area (Å²) >= 11 is 1.52. The summed E-state index contributed by atoms with van der Waals surface area (Å²) in [5.41, 5.74) is 5.85. The third kappa shape index (κ3) is 1.39. The Balaban J connectivity index is 2.03. The molecular weight excluding hydrogens is 170 g/mol. The number of thiazole rings is 1. The van der Waals surface area contributed by atoms with Crippen LogP contribution in [-0.4, -0.2) is 10.5 Å². The van der Waals surface area contributed by atoms with Crippen molar-refractivity contribution >= 4 is 21.5 Å². The van der Waals surface area contributed by atoms with Gasteiger partial charge in [0.05, 0.1) is 6.20 Å². The molecule has 3 nitrogen and oxygen atoms in total. The third-order valence-electron chi connectivity index (χ3n) is 2.39. The van der Waals surface area contributed by atoms with E-state index in [0.717, 1.165) is 10.1 Å². The number of nitrogens with one attached hydrogen (secondary N) is 1. The van der Waals surface area contributed by atoms with Crippen molar-refractivity contribution in [3.63, 3.8) is 0 Å². The van der Waals surface area contributed by atoms with Gasteiger partial charge in [0.2, 0.25) is 0 Å². The molecule has 0 bridgehead atoms. The van der Waals surface area contributed by atoms with E-state index in [1.807, 2.05) is 0 Å². The second kappa shape index (κ2) is 2.62. The van der Waals surface area contributed by atoms with E-state index >= 15 is 0 Å². The SMILES string of the molecule is CC1(Nc2ncc(N)s2)CCC1. The summed E-state index contributed by atoms with van der Waals surface area (Å²) in [6.45, 7) is 2.23. The van der Waals surface area contributed by atoms with Crippen LogP contribution in [0.1, 0.15) is 26.2 Å². The number of anilines is 2. The maximum absolute atomic E-state index is 5.57. The van der Waals surface area contributed by atoms with Gasteiger partial charge in [-0.25, -0.2) is 4.98 Å². The first-order valence-electron chi connectivity index (χ1n) is 4.17. The van der Waals surface area contributed by atoms with E-state index in [1.165, 1.54) is 30.6 Å². The molecule has 0 atom stereocenters.